The van der Waals surface area contributed by atoms with Crippen molar-refractivity contribution in [2.45, 2.75) is 44.6 Å². The molecule has 0 spiro atoms. The lowest BCUT2D eigenvalue weighted by atomic mass is 9.86. The zero-order chi connectivity index (χ0) is 25.4. The Morgan fingerprint density at radius 1 is 1.14 bits per heavy atom. The second-order valence-corrected chi connectivity index (χ2v) is 9.35. The van der Waals surface area contributed by atoms with Crippen LogP contribution in [0.5, 0.6) is 0 Å². The summed E-state index contributed by atoms with van der Waals surface area (Å²) in [6.07, 6.45) is 3.56. The van der Waals surface area contributed by atoms with Crippen LogP contribution >= 0.6 is 0 Å². The van der Waals surface area contributed by atoms with Gasteiger partial charge in [0.1, 0.15) is 11.4 Å². The van der Waals surface area contributed by atoms with E-state index in [4.69, 9.17) is 0 Å². The van der Waals surface area contributed by atoms with Gasteiger partial charge in [0.2, 0.25) is 0 Å². The summed E-state index contributed by atoms with van der Waals surface area (Å²) in [5.41, 5.74) is 1.77. The third-order valence-electron chi connectivity index (χ3n) is 7.16. The normalized spacial score (nSPS) is 20.4. The van der Waals surface area contributed by atoms with Crippen LogP contribution in [0.2, 0.25) is 0 Å². The van der Waals surface area contributed by atoms with Crippen molar-refractivity contribution in [2.75, 3.05) is 13.1 Å². The Morgan fingerprint density at radius 3 is 2.47 bits per heavy atom. The number of hydrogen-bond acceptors (Lipinski definition) is 5. The number of likely N-dealkylation sites (tertiary alicyclic amines) is 1. The number of aryl methyl sites for hydroxylation is 1. The number of imide groups is 1. The monoisotopic (exact) mass is 490 g/mol. The van der Waals surface area contributed by atoms with Crippen molar-refractivity contribution in [1.82, 2.24) is 30.5 Å². The van der Waals surface area contributed by atoms with Crippen LogP contribution in [-0.2, 0) is 10.3 Å². The van der Waals surface area contributed by atoms with Crippen LogP contribution in [0.25, 0.3) is 5.69 Å². The molecule has 0 bridgehead atoms. The number of carbonyl (C=O) groups is 3. The Hall–Kier alpha value is -4.08. The lowest BCUT2D eigenvalue weighted by Crippen LogP contribution is -2.44. The average Bonchev–Trinajstić information content (AvgIpc) is 3.48. The summed E-state index contributed by atoms with van der Waals surface area (Å²) < 4.78 is 16.8. The number of nitrogens with zero attached hydrogens (tertiary/aromatic N) is 4. The maximum Gasteiger partial charge on any atom is 0.322 e. The smallest absolute Gasteiger partial charge is 0.322 e. The number of benzene rings is 2. The zero-order valence-electron chi connectivity index (χ0n) is 20.1. The molecule has 2 N–H and O–H groups in total. The van der Waals surface area contributed by atoms with Gasteiger partial charge in [-0.2, -0.15) is 0 Å². The van der Waals surface area contributed by atoms with Gasteiger partial charge in [-0.15, -0.1) is 5.10 Å². The minimum atomic E-state index is -1.48. The Balaban J connectivity index is 1.25. The Bertz CT molecular complexity index is 1330. The molecule has 0 saturated carbocycles. The summed E-state index contributed by atoms with van der Waals surface area (Å²) in [4.78, 5) is 38.8. The van der Waals surface area contributed by atoms with E-state index in [1.807, 2.05) is 37.4 Å². The molecule has 2 saturated heterocycles. The van der Waals surface area contributed by atoms with Crippen LogP contribution in [-0.4, -0.2) is 50.8 Å². The van der Waals surface area contributed by atoms with Crippen LogP contribution < -0.4 is 10.6 Å². The first-order valence-electron chi connectivity index (χ1n) is 12.0. The van der Waals surface area contributed by atoms with Crippen molar-refractivity contribution < 1.29 is 18.8 Å². The lowest BCUT2D eigenvalue weighted by Gasteiger charge is -2.31. The summed E-state index contributed by atoms with van der Waals surface area (Å²) in [5.74, 6) is -1.40. The van der Waals surface area contributed by atoms with Crippen molar-refractivity contribution in [3.05, 3.63) is 76.9 Å². The molecule has 10 heteroatoms. The Kier molecular flexibility index (Phi) is 6.03. The predicted octanol–water partition coefficient (Wildman–Crippen LogP) is 3.18. The molecule has 186 valence electrons. The van der Waals surface area contributed by atoms with Crippen LogP contribution in [0.3, 0.4) is 0 Å². The van der Waals surface area contributed by atoms with E-state index in [0.717, 1.165) is 30.3 Å². The lowest BCUT2D eigenvalue weighted by molar-refractivity contribution is -0.124. The number of piperidine rings is 1. The summed E-state index contributed by atoms with van der Waals surface area (Å²) in [5, 5.41) is 13.3. The molecule has 2 aromatic carbocycles. The van der Waals surface area contributed by atoms with Gasteiger partial charge in [-0.25, -0.2) is 13.9 Å². The van der Waals surface area contributed by atoms with Gasteiger partial charge in [0, 0.05) is 30.1 Å². The topological polar surface area (TPSA) is 109 Å². The number of aromatic nitrogens is 3. The van der Waals surface area contributed by atoms with E-state index < -0.39 is 23.3 Å². The fourth-order valence-corrected chi connectivity index (χ4v) is 4.96. The van der Waals surface area contributed by atoms with E-state index in [9.17, 15) is 14.4 Å². The maximum atomic E-state index is 15.1. The standard InChI is InChI=1S/C26H27FN6O3/c1-3-26(24(35)28-25(36)29-26)20-9-6-18(14-21(20)27)23(34)32-12-10-17(11-13-32)22-15-33(31-30-22)19-7-4-16(2)5-8-19/h4-9,14-15,17H,3,10-13H2,1-2H3,(H2,28,29,35,36). The summed E-state index contributed by atoms with van der Waals surface area (Å²) in [7, 11) is 0. The largest absolute Gasteiger partial charge is 0.339 e. The Morgan fingerprint density at radius 2 is 1.86 bits per heavy atom. The molecule has 2 aliphatic heterocycles. The fourth-order valence-electron chi connectivity index (χ4n) is 4.96. The molecule has 1 aromatic heterocycles. The van der Waals surface area contributed by atoms with Crippen molar-refractivity contribution in [1.29, 1.82) is 0 Å². The van der Waals surface area contributed by atoms with Crippen molar-refractivity contribution in [3.63, 3.8) is 0 Å². The number of carbonyl (C=O) groups excluding carboxylic acids is 3. The third kappa shape index (κ3) is 4.12. The van der Waals surface area contributed by atoms with Crippen molar-refractivity contribution in [2.24, 2.45) is 0 Å². The molecule has 0 radical (unpaired) electrons. The Labute approximate surface area is 207 Å². The van der Waals surface area contributed by atoms with Crippen molar-refractivity contribution in [3.8, 4) is 5.69 Å². The molecule has 4 amide bonds. The van der Waals surface area contributed by atoms with Gasteiger partial charge in [-0.05, 0) is 50.5 Å². The third-order valence-corrected chi connectivity index (χ3v) is 7.16. The highest BCUT2D eigenvalue weighted by atomic mass is 19.1. The summed E-state index contributed by atoms with van der Waals surface area (Å²) in [6.45, 7) is 4.75. The molecule has 9 nitrogen and oxygen atoms in total. The molecule has 2 fully saturated rings. The van der Waals surface area contributed by atoms with Crippen molar-refractivity contribution >= 4 is 17.8 Å². The molecular formula is C26H27FN6O3. The fraction of sp³-hybridized carbons (Fsp3) is 0.346. The average molecular weight is 491 g/mol. The minimum Gasteiger partial charge on any atom is -0.339 e. The highest BCUT2D eigenvalue weighted by molar-refractivity contribution is 6.07. The van der Waals surface area contributed by atoms with E-state index >= 15 is 4.39 Å². The van der Waals surface area contributed by atoms with Crippen LogP contribution in [0, 0.1) is 12.7 Å². The van der Waals surface area contributed by atoms with E-state index in [1.165, 1.54) is 17.7 Å². The molecule has 3 heterocycles. The number of amides is 4. The maximum absolute atomic E-state index is 15.1. The van der Waals surface area contributed by atoms with Crippen LogP contribution in [0.15, 0.2) is 48.7 Å². The number of hydrogen-bond donors (Lipinski definition) is 2. The van der Waals surface area contributed by atoms with Gasteiger partial charge in [0.15, 0.2) is 0 Å². The number of urea groups is 1. The highest BCUT2D eigenvalue weighted by Gasteiger charge is 2.47. The van der Waals surface area contributed by atoms with E-state index in [-0.39, 0.29) is 29.4 Å². The molecular weight excluding hydrogens is 463 g/mol. The van der Waals surface area contributed by atoms with E-state index in [2.05, 4.69) is 20.9 Å². The zero-order valence-corrected chi connectivity index (χ0v) is 20.1. The van der Waals surface area contributed by atoms with E-state index in [1.54, 1.807) is 16.5 Å². The molecule has 5 rings (SSSR count). The molecule has 0 aliphatic carbocycles. The SMILES string of the molecule is CCC1(c2ccc(C(=O)N3CCC(c4cn(-c5ccc(C)cc5)nn4)CC3)cc2F)NC(=O)NC1=O. The van der Waals surface area contributed by atoms with E-state index in [0.29, 0.717) is 13.1 Å². The minimum absolute atomic E-state index is 0.0419. The van der Waals surface area contributed by atoms with Gasteiger partial charge in [-0.3, -0.25) is 14.9 Å². The first-order chi connectivity index (χ1) is 17.3. The predicted molar refractivity (Wildman–Crippen MR) is 129 cm³/mol. The molecule has 36 heavy (non-hydrogen) atoms. The summed E-state index contributed by atoms with van der Waals surface area (Å²) >= 11 is 0. The first-order valence-corrected chi connectivity index (χ1v) is 12.0. The number of nitrogens with one attached hydrogen (secondary N) is 2. The second kappa shape index (κ2) is 9.18. The van der Waals surface area contributed by atoms with Crippen LogP contribution in [0.4, 0.5) is 9.18 Å². The van der Waals surface area contributed by atoms with Gasteiger partial charge < -0.3 is 10.2 Å². The number of halogens is 1. The molecule has 3 aromatic rings. The highest BCUT2D eigenvalue weighted by Crippen LogP contribution is 2.32. The van der Waals surface area contributed by atoms with Gasteiger partial charge in [0.05, 0.1) is 17.6 Å². The van der Waals surface area contributed by atoms with Crippen LogP contribution in [0.1, 0.15) is 59.3 Å². The molecule has 2 aliphatic rings. The number of rotatable bonds is 5. The van der Waals surface area contributed by atoms with Gasteiger partial charge in [0.25, 0.3) is 11.8 Å². The quantitative estimate of drug-likeness (QED) is 0.534. The molecule has 1 unspecified atom stereocenters. The van der Waals surface area contributed by atoms with Gasteiger partial charge in [-0.1, -0.05) is 35.9 Å². The first kappa shape index (κ1) is 23.7. The summed E-state index contributed by atoms with van der Waals surface area (Å²) in [6, 6.07) is 11.4. The van der Waals surface area contributed by atoms with Gasteiger partial charge >= 0.3 is 6.03 Å². The second-order valence-electron chi connectivity index (χ2n) is 9.35. The molecule has 1 atom stereocenters.